The van der Waals surface area contributed by atoms with E-state index >= 15 is 0 Å². The molecule has 2 rings (SSSR count). The Kier molecular flexibility index (Phi) is 17.4. The maximum atomic E-state index is 11.9. The molecule has 11 nitrogen and oxygen atoms in total. The first-order chi connectivity index (χ1) is 21.4. The predicted molar refractivity (Wildman–Crippen MR) is 161 cm³/mol. The zero-order valence-corrected chi connectivity index (χ0v) is 25.3. The molecule has 11 heteroatoms. The highest BCUT2D eigenvalue weighted by Crippen LogP contribution is 2.22. The van der Waals surface area contributed by atoms with Crippen LogP contribution in [0.3, 0.4) is 0 Å². The van der Waals surface area contributed by atoms with Crippen LogP contribution >= 0.6 is 0 Å². The average molecular weight is 615 g/mol. The molecule has 1 N–H and O–H groups in total. The van der Waals surface area contributed by atoms with Gasteiger partial charge in [-0.2, -0.15) is 0 Å². The lowest BCUT2D eigenvalue weighted by Crippen LogP contribution is -2.13. The number of hydrogen-bond donors (Lipinski definition) is 1. The minimum Gasteiger partial charge on any atom is -0.493 e. The van der Waals surface area contributed by atoms with Crippen LogP contribution in [0.1, 0.15) is 56.6 Å². The van der Waals surface area contributed by atoms with Gasteiger partial charge in [-0.3, -0.25) is 4.79 Å². The molecule has 0 aromatic heterocycles. The van der Waals surface area contributed by atoms with Crippen molar-refractivity contribution < 1.29 is 52.6 Å². The lowest BCUT2D eigenvalue weighted by molar-refractivity contribution is -0.140. The van der Waals surface area contributed by atoms with Gasteiger partial charge in [0.25, 0.3) is 0 Å². The number of rotatable bonds is 22. The quantitative estimate of drug-likeness (QED) is 0.0327. The first-order valence-corrected chi connectivity index (χ1v) is 14.5. The standard InChI is InChI=1S/C33H42O11/c1-4-27-21-26(12-17-30(27)40-18-8-6-7-11-31(35)39-5-2)23-38-24-43-28-13-15-29(16-14-28)44-33(37)42-20-10-9-19-41-32(36)25(3)22-34/h5,12-17,21,34H,2-4,6-11,18-20,22-24H2,1H3. The van der Waals surface area contributed by atoms with Crippen LogP contribution in [0.15, 0.2) is 67.5 Å². The molecule has 0 aliphatic rings. The molecule has 0 radical (unpaired) electrons. The van der Waals surface area contributed by atoms with Gasteiger partial charge >= 0.3 is 18.1 Å². The molecular weight excluding hydrogens is 572 g/mol. The molecule has 0 aliphatic heterocycles. The summed E-state index contributed by atoms with van der Waals surface area (Å²) in [5.74, 6) is 0.758. The highest BCUT2D eigenvalue weighted by atomic mass is 16.7. The molecule has 0 fully saturated rings. The topological polar surface area (TPSA) is 136 Å². The smallest absolute Gasteiger partial charge is 0.493 e. The van der Waals surface area contributed by atoms with E-state index in [0.29, 0.717) is 44.0 Å². The number of carbonyl (C=O) groups excluding carboxylic acids is 3. The molecular formula is C33H42O11. The Balaban J connectivity index is 1.61. The first kappa shape index (κ1) is 35.8. The van der Waals surface area contributed by atoms with Gasteiger partial charge in [-0.15, -0.1) is 0 Å². The van der Waals surface area contributed by atoms with E-state index in [0.717, 1.165) is 48.8 Å². The summed E-state index contributed by atoms with van der Waals surface area (Å²) < 4.78 is 37.0. The molecule has 0 amide bonds. The van der Waals surface area contributed by atoms with Crippen LogP contribution in [-0.4, -0.2) is 56.4 Å². The van der Waals surface area contributed by atoms with Crippen LogP contribution in [0.4, 0.5) is 4.79 Å². The number of carbonyl (C=O) groups is 3. The van der Waals surface area contributed by atoms with Gasteiger partial charge in [-0.1, -0.05) is 26.1 Å². The Morgan fingerprint density at radius 2 is 1.57 bits per heavy atom. The van der Waals surface area contributed by atoms with Crippen molar-refractivity contribution in [3.63, 3.8) is 0 Å². The Morgan fingerprint density at radius 1 is 0.864 bits per heavy atom. The number of esters is 2. The van der Waals surface area contributed by atoms with E-state index in [1.807, 2.05) is 12.1 Å². The SMILES string of the molecule is C=COC(=O)CCCCCOc1ccc(COCOc2ccc(OC(=O)OCCCCOC(=O)C(=C)CO)cc2)cc1CC. The fourth-order valence-electron chi connectivity index (χ4n) is 3.71. The summed E-state index contributed by atoms with van der Waals surface area (Å²) in [5, 5.41) is 8.81. The molecule has 2 aromatic rings. The molecule has 0 heterocycles. The third-order valence-corrected chi connectivity index (χ3v) is 6.08. The van der Waals surface area contributed by atoms with Crippen LogP contribution in [0.5, 0.6) is 17.2 Å². The second-order valence-corrected chi connectivity index (χ2v) is 9.50. The van der Waals surface area contributed by atoms with Crippen molar-refractivity contribution in [2.45, 2.75) is 58.5 Å². The van der Waals surface area contributed by atoms with Gasteiger partial charge in [0.05, 0.1) is 44.9 Å². The van der Waals surface area contributed by atoms with Crippen LogP contribution in [0.2, 0.25) is 0 Å². The highest BCUT2D eigenvalue weighted by Gasteiger charge is 2.09. The summed E-state index contributed by atoms with van der Waals surface area (Å²) in [6, 6.07) is 12.4. The van der Waals surface area contributed by atoms with E-state index in [2.05, 4.69) is 26.1 Å². The van der Waals surface area contributed by atoms with Gasteiger partial charge in [0, 0.05) is 6.42 Å². The summed E-state index contributed by atoms with van der Waals surface area (Å²) >= 11 is 0. The van der Waals surface area contributed by atoms with E-state index in [9.17, 15) is 14.4 Å². The molecule has 0 saturated heterocycles. The number of benzene rings is 2. The third kappa shape index (κ3) is 14.7. The van der Waals surface area contributed by atoms with Gasteiger partial charge in [-0.25, -0.2) is 9.59 Å². The third-order valence-electron chi connectivity index (χ3n) is 6.08. The Hall–Kier alpha value is -4.35. The molecule has 44 heavy (non-hydrogen) atoms. The van der Waals surface area contributed by atoms with Crippen molar-refractivity contribution in [1.29, 1.82) is 0 Å². The number of aliphatic hydroxyl groups excluding tert-OH is 1. The van der Waals surface area contributed by atoms with Crippen LogP contribution in [0, 0.1) is 0 Å². The maximum absolute atomic E-state index is 11.9. The van der Waals surface area contributed by atoms with Gasteiger partial charge in [0.2, 0.25) is 0 Å². The lowest BCUT2D eigenvalue weighted by atomic mass is 10.1. The van der Waals surface area contributed by atoms with E-state index in [4.69, 9.17) is 38.3 Å². The van der Waals surface area contributed by atoms with Crippen molar-refractivity contribution in [1.82, 2.24) is 0 Å². The highest BCUT2D eigenvalue weighted by molar-refractivity contribution is 5.87. The summed E-state index contributed by atoms with van der Waals surface area (Å²) in [5.41, 5.74) is 2.07. The number of aryl methyl sites for hydroxylation is 1. The number of aliphatic hydroxyl groups is 1. The summed E-state index contributed by atoms with van der Waals surface area (Å²) in [4.78, 5) is 34.5. The van der Waals surface area contributed by atoms with Gasteiger partial charge in [-0.05, 0) is 86.1 Å². The largest absolute Gasteiger partial charge is 0.513 e. The molecule has 240 valence electrons. The minimum atomic E-state index is -0.848. The molecule has 0 spiro atoms. The number of unbranched alkanes of at least 4 members (excludes halogenated alkanes) is 3. The van der Waals surface area contributed by atoms with Crippen molar-refractivity contribution in [2.24, 2.45) is 0 Å². The maximum Gasteiger partial charge on any atom is 0.513 e. The summed E-state index contributed by atoms with van der Waals surface area (Å²) in [6.07, 6.45) is 4.90. The molecule has 0 aliphatic carbocycles. The molecule has 0 atom stereocenters. The molecule has 2 aromatic carbocycles. The summed E-state index contributed by atoms with van der Waals surface area (Å²) in [7, 11) is 0. The van der Waals surface area contributed by atoms with E-state index in [-0.39, 0.29) is 31.5 Å². The number of hydrogen-bond acceptors (Lipinski definition) is 11. The van der Waals surface area contributed by atoms with Crippen LogP contribution in [0.25, 0.3) is 0 Å². The Morgan fingerprint density at radius 3 is 2.27 bits per heavy atom. The molecule has 0 saturated carbocycles. The first-order valence-electron chi connectivity index (χ1n) is 14.5. The zero-order chi connectivity index (χ0) is 32.0. The van der Waals surface area contributed by atoms with Crippen molar-refractivity contribution in [2.75, 3.05) is 33.2 Å². The second kappa shape index (κ2) is 21.4. The summed E-state index contributed by atoms with van der Waals surface area (Å²) in [6.45, 7) is 9.55. The fourth-order valence-corrected chi connectivity index (χ4v) is 3.71. The van der Waals surface area contributed by atoms with Gasteiger partial charge < -0.3 is 38.3 Å². The normalized spacial score (nSPS) is 10.4. The number of ether oxygens (including phenoxy) is 7. The average Bonchev–Trinajstić information content (AvgIpc) is 3.03. The lowest BCUT2D eigenvalue weighted by Gasteiger charge is -2.13. The van der Waals surface area contributed by atoms with Crippen LogP contribution in [-0.2, 0) is 41.6 Å². The zero-order valence-electron chi connectivity index (χ0n) is 25.3. The minimum absolute atomic E-state index is 0.0144. The van der Waals surface area contributed by atoms with Crippen LogP contribution < -0.4 is 14.2 Å². The van der Waals surface area contributed by atoms with Crippen molar-refractivity contribution >= 4 is 18.1 Å². The Labute approximate surface area is 258 Å². The van der Waals surface area contributed by atoms with Crippen molar-refractivity contribution in [3.8, 4) is 17.2 Å². The van der Waals surface area contributed by atoms with Crippen molar-refractivity contribution in [3.05, 3.63) is 78.6 Å². The predicted octanol–water partition coefficient (Wildman–Crippen LogP) is 5.82. The fraction of sp³-hybridized carbons (Fsp3) is 0.424. The second-order valence-electron chi connectivity index (χ2n) is 9.50. The van der Waals surface area contributed by atoms with Gasteiger partial charge in [0.1, 0.15) is 17.2 Å². The molecule has 0 bridgehead atoms. The Bertz CT molecular complexity index is 1190. The van der Waals surface area contributed by atoms with E-state index in [1.165, 1.54) is 0 Å². The van der Waals surface area contributed by atoms with E-state index in [1.54, 1.807) is 24.3 Å². The van der Waals surface area contributed by atoms with Gasteiger partial charge in [0.15, 0.2) is 6.79 Å². The molecule has 0 unspecified atom stereocenters. The monoisotopic (exact) mass is 614 g/mol. The van der Waals surface area contributed by atoms with E-state index < -0.39 is 18.7 Å².